The molecule has 1 aromatic heterocycles. The van der Waals surface area contributed by atoms with Crippen LogP contribution in [0.15, 0.2) is 41.1 Å². The molecule has 0 aliphatic heterocycles. The Morgan fingerprint density at radius 1 is 1.33 bits per heavy atom. The van der Waals surface area contributed by atoms with Crippen molar-refractivity contribution < 1.29 is 13.9 Å². The normalized spacial score (nSPS) is 10.2. The van der Waals surface area contributed by atoms with Crippen molar-refractivity contribution in [2.45, 2.75) is 6.54 Å². The molecule has 1 heterocycles. The average Bonchev–Trinajstić information content (AvgIpc) is 2.98. The summed E-state index contributed by atoms with van der Waals surface area (Å²) in [7, 11) is 1.74. The first-order valence-electron chi connectivity index (χ1n) is 6.53. The molecule has 0 fully saturated rings. The molecule has 2 amide bonds. The Hall–Kier alpha value is -2.08. The molecule has 1 aromatic carbocycles. The van der Waals surface area contributed by atoms with Crippen LogP contribution in [0.2, 0.25) is 0 Å². The zero-order valence-corrected chi connectivity index (χ0v) is 12.5. The number of hydrogen-bond donors (Lipinski definition) is 1. The fraction of sp³-hybridized carbons (Fsp3) is 0.267. The van der Waals surface area contributed by atoms with Gasteiger partial charge in [-0.05, 0) is 46.7 Å². The number of halogens is 1. The quantitative estimate of drug-likeness (QED) is 0.833. The number of nitrogens with one attached hydrogen (secondary N) is 1. The monoisotopic (exact) mass is 308 g/mol. The van der Waals surface area contributed by atoms with Gasteiger partial charge in [0.2, 0.25) is 0 Å². The highest BCUT2D eigenvalue weighted by molar-refractivity contribution is 7.07. The Labute approximate surface area is 127 Å². The molecule has 0 spiro atoms. The molecule has 0 saturated carbocycles. The van der Waals surface area contributed by atoms with E-state index < -0.39 is 0 Å². The van der Waals surface area contributed by atoms with Crippen LogP contribution in [0.3, 0.4) is 0 Å². The number of thiophene rings is 1. The van der Waals surface area contributed by atoms with Crippen LogP contribution in [-0.4, -0.2) is 31.1 Å². The molecule has 0 bridgehead atoms. The van der Waals surface area contributed by atoms with Gasteiger partial charge in [0.25, 0.3) is 0 Å². The average molecular weight is 308 g/mol. The van der Waals surface area contributed by atoms with Gasteiger partial charge in [0.05, 0.1) is 6.54 Å². The summed E-state index contributed by atoms with van der Waals surface area (Å²) in [5, 5.41) is 6.77. The van der Waals surface area contributed by atoms with Gasteiger partial charge >= 0.3 is 6.03 Å². The molecule has 0 atom stereocenters. The van der Waals surface area contributed by atoms with Crippen LogP contribution < -0.4 is 10.1 Å². The summed E-state index contributed by atoms with van der Waals surface area (Å²) in [6.07, 6.45) is 0. The van der Waals surface area contributed by atoms with E-state index in [4.69, 9.17) is 4.74 Å². The lowest BCUT2D eigenvalue weighted by atomic mass is 10.3. The number of carbonyl (C=O) groups is 1. The molecule has 1 N–H and O–H groups in total. The summed E-state index contributed by atoms with van der Waals surface area (Å²) < 4.78 is 18.1. The first-order valence-corrected chi connectivity index (χ1v) is 7.48. The van der Waals surface area contributed by atoms with Crippen molar-refractivity contribution in [3.05, 3.63) is 52.5 Å². The molecule has 0 saturated heterocycles. The third-order valence-electron chi connectivity index (χ3n) is 2.81. The zero-order chi connectivity index (χ0) is 15.1. The van der Waals surface area contributed by atoms with Crippen molar-refractivity contribution in [1.82, 2.24) is 10.2 Å². The Morgan fingerprint density at radius 2 is 2.10 bits per heavy atom. The molecule has 21 heavy (non-hydrogen) atoms. The fourth-order valence-corrected chi connectivity index (χ4v) is 2.38. The lowest BCUT2D eigenvalue weighted by Crippen LogP contribution is -2.38. The Balaban J connectivity index is 1.65. The van der Waals surface area contributed by atoms with E-state index in [2.05, 4.69) is 5.32 Å². The van der Waals surface area contributed by atoms with Crippen molar-refractivity contribution in [3.8, 4) is 5.75 Å². The van der Waals surface area contributed by atoms with E-state index in [1.54, 1.807) is 35.4 Å². The molecule has 2 rings (SSSR count). The maximum Gasteiger partial charge on any atom is 0.317 e. The van der Waals surface area contributed by atoms with Crippen LogP contribution in [0.5, 0.6) is 5.75 Å². The molecular weight excluding hydrogens is 291 g/mol. The number of carbonyl (C=O) groups excluding carboxylic acids is 1. The van der Waals surface area contributed by atoms with Gasteiger partial charge < -0.3 is 15.0 Å². The van der Waals surface area contributed by atoms with Gasteiger partial charge in [-0.3, -0.25) is 0 Å². The summed E-state index contributed by atoms with van der Waals surface area (Å²) >= 11 is 1.61. The van der Waals surface area contributed by atoms with Crippen LogP contribution in [0.25, 0.3) is 0 Å². The number of nitrogens with zero attached hydrogens (tertiary/aromatic N) is 1. The fourth-order valence-electron chi connectivity index (χ4n) is 1.72. The van der Waals surface area contributed by atoms with Gasteiger partial charge in [-0.1, -0.05) is 0 Å². The summed E-state index contributed by atoms with van der Waals surface area (Å²) in [5.74, 6) is 0.281. The SMILES string of the molecule is CN(Cc1ccsc1)C(=O)NCCOc1ccc(F)cc1. The molecule has 6 heteroatoms. The van der Waals surface area contributed by atoms with E-state index in [0.717, 1.165) is 5.56 Å². The highest BCUT2D eigenvalue weighted by Gasteiger charge is 2.08. The maximum absolute atomic E-state index is 12.7. The maximum atomic E-state index is 12.7. The van der Waals surface area contributed by atoms with E-state index in [1.807, 2.05) is 16.8 Å². The van der Waals surface area contributed by atoms with Crippen LogP contribution in [0.4, 0.5) is 9.18 Å². The molecule has 2 aromatic rings. The van der Waals surface area contributed by atoms with Crippen molar-refractivity contribution >= 4 is 17.4 Å². The Bertz CT molecular complexity index is 558. The third kappa shape index (κ3) is 5.07. The van der Waals surface area contributed by atoms with E-state index in [9.17, 15) is 9.18 Å². The Kier molecular flexibility index (Phi) is 5.57. The van der Waals surface area contributed by atoms with Crippen molar-refractivity contribution in [2.75, 3.05) is 20.2 Å². The second-order valence-electron chi connectivity index (χ2n) is 4.52. The smallest absolute Gasteiger partial charge is 0.317 e. The highest BCUT2D eigenvalue weighted by Crippen LogP contribution is 2.10. The summed E-state index contributed by atoms with van der Waals surface area (Å²) in [6.45, 7) is 1.31. The molecule has 0 radical (unpaired) electrons. The summed E-state index contributed by atoms with van der Waals surface area (Å²) in [6, 6.07) is 7.63. The topological polar surface area (TPSA) is 41.6 Å². The van der Waals surface area contributed by atoms with E-state index in [0.29, 0.717) is 25.4 Å². The third-order valence-corrected chi connectivity index (χ3v) is 3.54. The number of benzene rings is 1. The minimum atomic E-state index is -0.300. The first kappa shape index (κ1) is 15.3. The van der Waals surface area contributed by atoms with E-state index in [1.165, 1.54) is 12.1 Å². The molecule has 112 valence electrons. The number of urea groups is 1. The first-order chi connectivity index (χ1) is 10.1. The van der Waals surface area contributed by atoms with Gasteiger partial charge in [-0.15, -0.1) is 0 Å². The Morgan fingerprint density at radius 3 is 2.76 bits per heavy atom. The standard InChI is InChI=1S/C15H17FN2O2S/c1-18(10-12-6-9-21-11-12)15(19)17-7-8-20-14-4-2-13(16)3-5-14/h2-6,9,11H,7-8,10H2,1H3,(H,17,19). The minimum absolute atomic E-state index is 0.149. The number of ether oxygens (including phenoxy) is 1. The second-order valence-corrected chi connectivity index (χ2v) is 5.30. The van der Waals surface area contributed by atoms with Crippen LogP contribution in [0, 0.1) is 5.82 Å². The van der Waals surface area contributed by atoms with Crippen LogP contribution >= 0.6 is 11.3 Å². The van der Waals surface area contributed by atoms with E-state index >= 15 is 0 Å². The number of amides is 2. The van der Waals surface area contributed by atoms with E-state index in [-0.39, 0.29) is 11.8 Å². The van der Waals surface area contributed by atoms with Crippen molar-refractivity contribution in [3.63, 3.8) is 0 Å². The predicted octanol–water partition coefficient (Wildman–Crippen LogP) is 3.11. The van der Waals surface area contributed by atoms with Crippen molar-refractivity contribution in [2.24, 2.45) is 0 Å². The largest absolute Gasteiger partial charge is 0.492 e. The summed E-state index contributed by atoms with van der Waals surface area (Å²) in [4.78, 5) is 13.4. The van der Waals surface area contributed by atoms with Crippen LogP contribution in [-0.2, 0) is 6.54 Å². The van der Waals surface area contributed by atoms with Gasteiger partial charge in [0.1, 0.15) is 18.2 Å². The molecule has 0 unspecified atom stereocenters. The van der Waals surface area contributed by atoms with Gasteiger partial charge in [0, 0.05) is 13.6 Å². The molecular formula is C15H17FN2O2S. The molecule has 0 aliphatic carbocycles. The van der Waals surface area contributed by atoms with Crippen LogP contribution in [0.1, 0.15) is 5.56 Å². The lowest BCUT2D eigenvalue weighted by Gasteiger charge is -2.17. The lowest BCUT2D eigenvalue weighted by molar-refractivity contribution is 0.203. The summed E-state index contributed by atoms with van der Waals surface area (Å²) in [5.41, 5.74) is 1.11. The highest BCUT2D eigenvalue weighted by atomic mass is 32.1. The molecule has 0 aliphatic rings. The van der Waals surface area contributed by atoms with Gasteiger partial charge in [-0.2, -0.15) is 11.3 Å². The second kappa shape index (κ2) is 7.64. The van der Waals surface area contributed by atoms with Gasteiger partial charge in [-0.25, -0.2) is 9.18 Å². The number of hydrogen-bond acceptors (Lipinski definition) is 3. The minimum Gasteiger partial charge on any atom is -0.492 e. The molecule has 4 nitrogen and oxygen atoms in total. The number of rotatable bonds is 6. The zero-order valence-electron chi connectivity index (χ0n) is 11.7. The van der Waals surface area contributed by atoms with Gasteiger partial charge in [0.15, 0.2) is 0 Å². The van der Waals surface area contributed by atoms with Crippen molar-refractivity contribution in [1.29, 1.82) is 0 Å². The predicted molar refractivity (Wildman–Crippen MR) is 81.1 cm³/mol.